The third kappa shape index (κ3) is 2.22. The fraction of sp³-hybridized carbons (Fsp3) is 0.500. The van der Waals surface area contributed by atoms with Gasteiger partial charge in [0, 0.05) is 6.54 Å². The fourth-order valence-electron chi connectivity index (χ4n) is 2.29. The van der Waals surface area contributed by atoms with E-state index in [0.29, 0.717) is 18.0 Å². The summed E-state index contributed by atoms with van der Waals surface area (Å²) in [5, 5.41) is 0. The summed E-state index contributed by atoms with van der Waals surface area (Å²) in [7, 11) is -3.41. The largest absolute Gasteiger partial charge is 0.364 e. The minimum atomic E-state index is -3.41. The van der Waals surface area contributed by atoms with Gasteiger partial charge >= 0.3 is 0 Å². The van der Waals surface area contributed by atoms with Crippen LogP contribution in [-0.2, 0) is 14.8 Å². The molecule has 0 amide bonds. The van der Waals surface area contributed by atoms with E-state index in [4.69, 9.17) is 4.74 Å². The molecule has 1 aliphatic heterocycles. The van der Waals surface area contributed by atoms with E-state index in [0.717, 1.165) is 16.7 Å². The maximum absolute atomic E-state index is 12.4. The Bertz CT molecular complexity index is 508. The van der Waals surface area contributed by atoms with Gasteiger partial charge in [0.1, 0.15) is 6.73 Å². The van der Waals surface area contributed by atoms with E-state index in [1.54, 1.807) is 0 Å². The van der Waals surface area contributed by atoms with Crippen molar-refractivity contribution in [3.8, 4) is 0 Å². The summed E-state index contributed by atoms with van der Waals surface area (Å²) in [5.74, 6) is 0. The van der Waals surface area contributed by atoms with Crippen molar-refractivity contribution >= 4 is 10.0 Å². The molecule has 0 N–H and O–H groups in total. The molecule has 2 rings (SSSR count). The van der Waals surface area contributed by atoms with Crippen LogP contribution in [0.5, 0.6) is 0 Å². The molecule has 1 aromatic carbocycles. The van der Waals surface area contributed by atoms with E-state index < -0.39 is 10.0 Å². The van der Waals surface area contributed by atoms with Crippen LogP contribution in [0, 0.1) is 20.8 Å². The van der Waals surface area contributed by atoms with Crippen molar-refractivity contribution in [2.45, 2.75) is 25.7 Å². The lowest BCUT2D eigenvalue weighted by Crippen LogP contribution is -2.29. The summed E-state index contributed by atoms with van der Waals surface area (Å²) in [6, 6.07) is 3.80. The average molecular weight is 255 g/mol. The smallest absolute Gasteiger partial charge is 0.245 e. The van der Waals surface area contributed by atoms with Crippen LogP contribution in [0.3, 0.4) is 0 Å². The topological polar surface area (TPSA) is 46.6 Å². The average Bonchev–Trinajstić information content (AvgIpc) is 2.67. The molecule has 0 aliphatic carbocycles. The molecule has 94 valence electrons. The van der Waals surface area contributed by atoms with Crippen LogP contribution < -0.4 is 0 Å². The normalized spacial score (nSPS) is 17.6. The molecule has 0 radical (unpaired) electrons. The number of hydrogen-bond donors (Lipinski definition) is 0. The van der Waals surface area contributed by atoms with Crippen molar-refractivity contribution in [1.29, 1.82) is 0 Å². The highest BCUT2D eigenvalue weighted by Gasteiger charge is 2.30. The zero-order chi connectivity index (χ0) is 12.6. The summed E-state index contributed by atoms with van der Waals surface area (Å²) in [6.07, 6.45) is 0. The van der Waals surface area contributed by atoms with Crippen LogP contribution in [0.2, 0.25) is 0 Å². The molecule has 1 heterocycles. The number of hydrogen-bond acceptors (Lipinski definition) is 3. The first-order valence-corrected chi connectivity index (χ1v) is 7.02. The van der Waals surface area contributed by atoms with E-state index in [1.165, 1.54) is 4.31 Å². The van der Waals surface area contributed by atoms with Crippen LogP contribution in [0.15, 0.2) is 17.0 Å². The first-order chi connectivity index (χ1) is 7.93. The Morgan fingerprint density at radius 1 is 1.18 bits per heavy atom. The molecule has 0 bridgehead atoms. The number of ether oxygens (including phenoxy) is 1. The van der Waals surface area contributed by atoms with Crippen LogP contribution in [0.25, 0.3) is 0 Å². The van der Waals surface area contributed by atoms with Crippen molar-refractivity contribution in [3.05, 3.63) is 28.8 Å². The van der Waals surface area contributed by atoms with Gasteiger partial charge in [-0.05, 0) is 31.9 Å². The van der Waals surface area contributed by atoms with Crippen LogP contribution in [0.1, 0.15) is 16.7 Å². The van der Waals surface area contributed by atoms with E-state index in [1.807, 2.05) is 32.9 Å². The lowest BCUT2D eigenvalue weighted by molar-refractivity contribution is 0.172. The SMILES string of the molecule is Cc1cc(C)c(S(=O)(=O)N2CCOC2)c(C)c1. The Hall–Kier alpha value is -0.910. The maximum Gasteiger partial charge on any atom is 0.245 e. The Morgan fingerprint density at radius 2 is 1.76 bits per heavy atom. The number of nitrogens with zero attached hydrogens (tertiary/aromatic N) is 1. The second-order valence-corrected chi connectivity index (χ2v) is 6.32. The molecule has 1 aliphatic rings. The molecule has 1 saturated heterocycles. The summed E-state index contributed by atoms with van der Waals surface area (Å²) in [5.41, 5.74) is 2.68. The zero-order valence-electron chi connectivity index (χ0n) is 10.4. The molecule has 0 spiro atoms. The molecule has 5 heteroatoms. The van der Waals surface area contributed by atoms with E-state index in [2.05, 4.69) is 0 Å². The van der Waals surface area contributed by atoms with Gasteiger partial charge in [-0.2, -0.15) is 4.31 Å². The van der Waals surface area contributed by atoms with Crippen LogP contribution in [-0.4, -0.2) is 32.6 Å². The molecule has 17 heavy (non-hydrogen) atoms. The highest BCUT2D eigenvalue weighted by Crippen LogP contribution is 2.26. The Balaban J connectivity index is 2.53. The fourth-order valence-corrected chi connectivity index (χ4v) is 4.01. The summed E-state index contributed by atoms with van der Waals surface area (Å²) in [6.45, 7) is 6.72. The second kappa shape index (κ2) is 4.40. The predicted octanol–water partition coefficient (Wildman–Crippen LogP) is 1.59. The first kappa shape index (κ1) is 12.5. The lowest BCUT2D eigenvalue weighted by Gasteiger charge is -2.18. The molecule has 0 aromatic heterocycles. The van der Waals surface area contributed by atoms with Gasteiger partial charge in [-0.1, -0.05) is 17.7 Å². The van der Waals surface area contributed by atoms with Gasteiger partial charge in [0.05, 0.1) is 11.5 Å². The van der Waals surface area contributed by atoms with Crippen LogP contribution in [0.4, 0.5) is 0 Å². The Kier molecular flexibility index (Phi) is 3.25. The second-order valence-electron chi connectivity index (χ2n) is 4.45. The molecule has 1 fully saturated rings. The third-order valence-electron chi connectivity index (χ3n) is 2.92. The molecular weight excluding hydrogens is 238 g/mol. The number of aryl methyl sites for hydroxylation is 3. The van der Waals surface area contributed by atoms with Gasteiger partial charge in [0.25, 0.3) is 0 Å². The summed E-state index contributed by atoms with van der Waals surface area (Å²) in [4.78, 5) is 0.425. The first-order valence-electron chi connectivity index (χ1n) is 5.58. The molecular formula is C12H17NO3S. The highest BCUT2D eigenvalue weighted by molar-refractivity contribution is 7.89. The summed E-state index contributed by atoms with van der Waals surface area (Å²) >= 11 is 0. The quantitative estimate of drug-likeness (QED) is 0.806. The maximum atomic E-state index is 12.4. The summed E-state index contributed by atoms with van der Waals surface area (Å²) < 4.78 is 31.4. The Labute approximate surface area is 102 Å². The lowest BCUT2D eigenvalue weighted by atomic mass is 10.1. The van der Waals surface area contributed by atoms with E-state index >= 15 is 0 Å². The Morgan fingerprint density at radius 3 is 2.24 bits per heavy atom. The van der Waals surface area contributed by atoms with Crippen molar-refractivity contribution in [3.63, 3.8) is 0 Å². The minimum absolute atomic E-state index is 0.162. The van der Waals surface area contributed by atoms with Gasteiger partial charge in [-0.3, -0.25) is 0 Å². The van der Waals surface area contributed by atoms with Crippen molar-refractivity contribution in [2.24, 2.45) is 0 Å². The standard InChI is InChI=1S/C12H17NO3S/c1-9-6-10(2)12(11(3)7-9)17(14,15)13-4-5-16-8-13/h6-7H,4-5,8H2,1-3H3. The molecule has 4 nitrogen and oxygen atoms in total. The van der Waals surface area contributed by atoms with Crippen molar-refractivity contribution in [1.82, 2.24) is 4.31 Å². The molecule has 0 atom stereocenters. The van der Waals surface area contributed by atoms with E-state index in [9.17, 15) is 8.42 Å². The predicted molar refractivity (Wildman–Crippen MR) is 65.4 cm³/mol. The minimum Gasteiger partial charge on any atom is -0.364 e. The molecule has 0 unspecified atom stereocenters. The van der Waals surface area contributed by atoms with Gasteiger partial charge in [-0.15, -0.1) is 0 Å². The number of sulfonamides is 1. The van der Waals surface area contributed by atoms with Gasteiger partial charge in [0.15, 0.2) is 0 Å². The monoisotopic (exact) mass is 255 g/mol. The van der Waals surface area contributed by atoms with Gasteiger partial charge in [-0.25, -0.2) is 8.42 Å². The van der Waals surface area contributed by atoms with E-state index in [-0.39, 0.29) is 6.73 Å². The number of benzene rings is 1. The van der Waals surface area contributed by atoms with Crippen molar-refractivity contribution < 1.29 is 13.2 Å². The van der Waals surface area contributed by atoms with Gasteiger partial charge < -0.3 is 4.74 Å². The van der Waals surface area contributed by atoms with Gasteiger partial charge in [0.2, 0.25) is 10.0 Å². The third-order valence-corrected chi connectivity index (χ3v) is 5.05. The zero-order valence-corrected chi connectivity index (χ0v) is 11.2. The van der Waals surface area contributed by atoms with Crippen LogP contribution >= 0.6 is 0 Å². The highest BCUT2D eigenvalue weighted by atomic mass is 32.2. The van der Waals surface area contributed by atoms with Crippen molar-refractivity contribution in [2.75, 3.05) is 19.9 Å². The molecule has 0 saturated carbocycles. The number of rotatable bonds is 2. The molecule has 1 aromatic rings.